The van der Waals surface area contributed by atoms with Crippen molar-refractivity contribution in [2.24, 2.45) is 0 Å². The van der Waals surface area contributed by atoms with Gasteiger partial charge in [0.1, 0.15) is 5.69 Å². The maximum atomic E-state index is 12.1. The Morgan fingerprint density at radius 2 is 1.90 bits per heavy atom. The summed E-state index contributed by atoms with van der Waals surface area (Å²) in [6, 6.07) is 11.7. The molecule has 3 rings (SSSR count). The molecule has 4 nitrogen and oxygen atoms in total. The number of carbonyl (C=O) groups is 1. The lowest BCUT2D eigenvalue weighted by atomic mass is 9.95. The Labute approximate surface area is 118 Å². The molecule has 0 atom stereocenters. The van der Waals surface area contributed by atoms with Crippen molar-refractivity contribution < 1.29 is 9.32 Å². The summed E-state index contributed by atoms with van der Waals surface area (Å²) in [7, 11) is 0. The molecule has 1 N–H and O–H groups in total. The molecular weight excluding hydrogens is 252 g/mol. The molecule has 1 fully saturated rings. The van der Waals surface area contributed by atoms with Gasteiger partial charge in [-0.05, 0) is 12.8 Å². The SMILES string of the molecule is O=C(NC1CCCCC1)c1cc(-c2ccccc2)no1. The molecule has 0 bridgehead atoms. The zero-order valence-electron chi connectivity index (χ0n) is 11.3. The van der Waals surface area contributed by atoms with Gasteiger partial charge in [0.05, 0.1) is 0 Å². The van der Waals surface area contributed by atoms with Crippen LogP contribution in [0.25, 0.3) is 11.3 Å². The smallest absolute Gasteiger partial charge is 0.290 e. The number of nitrogens with one attached hydrogen (secondary N) is 1. The molecule has 104 valence electrons. The normalized spacial score (nSPS) is 16.0. The van der Waals surface area contributed by atoms with Crippen LogP contribution in [-0.2, 0) is 0 Å². The minimum absolute atomic E-state index is 0.161. The first-order valence-corrected chi connectivity index (χ1v) is 7.16. The maximum Gasteiger partial charge on any atom is 0.290 e. The minimum Gasteiger partial charge on any atom is -0.350 e. The molecule has 1 heterocycles. The molecule has 4 heteroatoms. The van der Waals surface area contributed by atoms with E-state index in [0.717, 1.165) is 18.4 Å². The van der Waals surface area contributed by atoms with Crippen LogP contribution < -0.4 is 5.32 Å². The first kappa shape index (κ1) is 12.9. The number of carbonyl (C=O) groups excluding carboxylic acids is 1. The highest BCUT2D eigenvalue weighted by atomic mass is 16.5. The van der Waals surface area contributed by atoms with Gasteiger partial charge in [0.15, 0.2) is 0 Å². The fourth-order valence-electron chi connectivity index (χ4n) is 2.63. The molecule has 0 radical (unpaired) electrons. The van der Waals surface area contributed by atoms with E-state index < -0.39 is 0 Å². The molecule has 0 aliphatic heterocycles. The summed E-state index contributed by atoms with van der Waals surface area (Å²) in [5, 5.41) is 6.99. The average molecular weight is 270 g/mol. The zero-order chi connectivity index (χ0) is 13.8. The van der Waals surface area contributed by atoms with Crippen LogP contribution in [0.1, 0.15) is 42.7 Å². The summed E-state index contributed by atoms with van der Waals surface area (Å²) in [5.74, 6) is 0.126. The summed E-state index contributed by atoms with van der Waals surface area (Å²) < 4.78 is 5.16. The first-order chi connectivity index (χ1) is 9.83. The van der Waals surface area contributed by atoms with E-state index in [1.165, 1.54) is 19.3 Å². The Hall–Kier alpha value is -2.10. The fraction of sp³-hybridized carbons (Fsp3) is 0.375. The van der Waals surface area contributed by atoms with Crippen molar-refractivity contribution in [2.45, 2.75) is 38.1 Å². The van der Waals surface area contributed by atoms with Crippen molar-refractivity contribution in [3.05, 3.63) is 42.2 Å². The van der Waals surface area contributed by atoms with E-state index in [9.17, 15) is 4.79 Å². The van der Waals surface area contributed by atoms with E-state index >= 15 is 0 Å². The van der Waals surface area contributed by atoms with Gasteiger partial charge in [-0.3, -0.25) is 4.79 Å². The highest BCUT2D eigenvalue weighted by Gasteiger charge is 2.19. The Kier molecular flexibility index (Phi) is 3.81. The lowest BCUT2D eigenvalue weighted by molar-refractivity contribution is 0.0890. The molecule has 1 amide bonds. The van der Waals surface area contributed by atoms with Crippen molar-refractivity contribution in [2.75, 3.05) is 0 Å². The Balaban J connectivity index is 1.68. The number of benzene rings is 1. The lowest BCUT2D eigenvalue weighted by Gasteiger charge is -2.21. The molecular formula is C16H18N2O2. The van der Waals surface area contributed by atoms with Gasteiger partial charge in [-0.15, -0.1) is 0 Å². The second-order valence-electron chi connectivity index (χ2n) is 5.25. The van der Waals surface area contributed by atoms with E-state index in [4.69, 9.17) is 4.52 Å². The fourth-order valence-corrected chi connectivity index (χ4v) is 2.63. The van der Waals surface area contributed by atoms with Crippen LogP contribution in [0.2, 0.25) is 0 Å². The number of amides is 1. The number of hydrogen-bond donors (Lipinski definition) is 1. The predicted molar refractivity (Wildman–Crippen MR) is 76.3 cm³/mol. The van der Waals surface area contributed by atoms with E-state index in [0.29, 0.717) is 5.69 Å². The molecule has 1 aliphatic carbocycles. The van der Waals surface area contributed by atoms with Crippen LogP contribution >= 0.6 is 0 Å². The first-order valence-electron chi connectivity index (χ1n) is 7.16. The summed E-state index contributed by atoms with van der Waals surface area (Å²) in [5.41, 5.74) is 1.65. The second-order valence-corrected chi connectivity index (χ2v) is 5.25. The predicted octanol–water partition coefficient (Wildman–Crippen LogP) is 3.40. The van der Waals surface area contributed by atoms with Gasteiger partial charge >= 0.3 is 0 Å². The summed E-state index contributed by atoms with van der Waals surface area (Å²) in [6.07, 6.45) is 5.77. The van der Waals surface area contributed by atoms with Gasteiger partial charge in [-0.2, -0.15) is 0 Å². The largest absolute Gasteiger partial charge is 0.350 e. The summed E-state index contributed by atoms with van der Waals surface area (Å²) in [6.45, 7) is 0. The molecule has 1 saturated carbocycles. The van der Waals surface area contributed by atoms with Gasteiger partial charge in [-0.1, -0.05) is 54.8 Å². The van der Waals surface area contributed by atoms with Crippen LogP contribution in [0.3, 0.4) is 0 Å². The molecule has 0 unspecified atom stereocenters. The molecule has 0 spiro atoms. The van der Waals surface area contributed by atoms with Crippen LogP contribution in [-0.4, -0.2) is 17.1 Å². The van der Waals surface area contributed by atoms with Crippen LogP contribution in [0, 0.1) is 0 Å². The summed E-state index contributed by atoms with van der Waals surface area (Å²) >= 11 is 0. The van der Waals surface area contributed by atoms with Gasteiger partial charge in [-0.25, -0.2) is 0 Å². The second kappa shape index (κ2) is 5.90. The van der Waals surface area contributed by atoms with Crippen molar-refractivity contribution in [1.29, 1.82) is 0 Å². The zero-order valence-corrected chi connectivity index (χ0v) is 11.3. The third-order valence-corrected chi connectivity index (χ3v) is 3.74. The third-order valence-electron chi connectivity index (χ3n) is 3.74. The van der Waals surface area contributed by atoms with Crippen LogP contribution in [0.4, 0.5) is 0 Å². The van der Waals surface area contributed by atoms with Gasteiger partial charge in [0.25, 0.3) is 5.91 Å². The highest BCUT2D eigenvalue weighted by molar-refractivity contribution is 5.92. The molecule has 2 aromatic rings. The van der Waals surface area contributed by atoms with E-state index in [2.05, 4.69) is 10.5 Å². The Morgan fingerprint density at radius 3 is 2.65 bits per heavy atom. The van der Waals surface area contributed by atoms with Crippen molar-refractivity contribution in [3.63, 3.8) is 0 Å². The lowest BCUT2D eigenvalue weighted by Crippen LogP contribution is -2.35. The topological polar surface area (TPSA) is 55.1 Å². The quantitative estimate of drug-likeness (QED) is 0.930. The average Bonchev–Trinajstić information content (AvgIpc) is 2.99. The van der Waals surface area contributed by atoms with E-state index in [1.54, 1.807) is 6.07 Å². The van der Waals surface area contributed by atoms with Crippen molar-refractivity contribution >= 4 is 5.91 Å². The monoisotopic (exact) mass is 270 g/mol. The maximum absolute atomic E-state index is 12.1. The van der Waals surface area contributed by atoms with Gasteiger partial charge in [0.2, 0.25) is 5.76 Å². The number of aromatic nitrogens is 1. The van der Waals surface area contributed by atoms with Gasteiger partial charge in [0, 0.05) is 17.7 Å². The third kappa shape index (κ3) is 2.90. The Morgan fingerprint density at radius 1 is 1.15 bits per heavy atom. The Bertz CT molecular complexity index is 571. The van der Waals surface area contributed by atoms with Crippen LogP contribution in [0.15, 0.2) is 40.9 Å². The molecule has 1 aromatic carbocycles. The highest BCUT2D eigenvalue weighted by Crippen LogP contribution is 2.20. The number of nitrogens with zero attached hydrogens (tertiary/aromatic N) is 1. The van der Waals surface area contributed by atoms with E-state index in [1.807, 2.05) is 30.3 Å². The minimum atomic E-state index is -0.161. The standard InChI is InChI=1S/C16H18N2O2/c19-16(17-13-9-5-2-6-10-13)15-11-14(18-20-15)12-7-3-1-4-8-12/h1,3-4,7-8,11,13H,2,5-6,9-10H2,(H,17,19). The number of hydrogen-bond acceptors (Lipinski definition) is 3. The number of rotatable bonds is 3. The molecule has 1 aromatic heterocycles. The summed E-state index contributed by atoms with van der Waals surface area (Å²) in [4.78, 5) is 12.1. The van der Waals surface area contributed by atoms with Crippen molar-refractivity contribution in [1.82, 2.24) is 10.5 Å². The van der Waals surface area contributed by atoms with E-state index in [-0.39, 0.29) is 17.7 Å². The van der Waals surface area contributed by atoms with Crippen molar-refractivity contribution in [3.8, 4) is 11.3 Å². The van der Waals surface area contributed by atoms with Gasteiger partial charge < -0.3 is 9.84 Å². The molecule has 1 aliphatic rings. The molecule has 20 heavy (non-hydrogen) atoms. The van der Waals surface area contributed by atoms with Crippen LogP contribution in [0.5, 0.6) is 0 Å². The molecule has 0 saturated heterocycles.